The monoisotopic (exact) mass is 426 g/mol. The largest absolute Gasteiger partial charge is 0.507 e. The van der Waals surface area contributed by atoms with Gasteiger partial charge in [-0.25, -0.2) is 0 Å². The second-order valence-electron chi connectivity index (χ2n) is 9.07. The van der Waals surface area contributed by atoms with Gasteiger partial charge in [-0.3, -0.25) is 19.5 Å². The number of pyridine rings is 1. The topological polar surface area (TPSA) is 70.5 Å². The zero-order chi connectivity index (χ0) is 23.0. The van der Waals surface area contributed by atoms with Crippen molar-refractivity contribution in [1.29, 1.82) is 0 Å². The standard InChI is InChI=1S/C27H26N2O3/c1-17-12-13-19(27(2,3)4)15-21(17)24(30)22-23(18-9-8-14-28-16-18)29(26(32)25(22)31)20-10-6-5-7-11-20/h5-16,23,30H,1-4H3/b24-22+. The molecule has 1 aliphatic rings. The van der Waals surface area contributed by atoms with E-state index in [9.17, 15) is 14.7 Å². The number of amides is 1. The SMILES string of the molecule is Cc1ccc(C(C)(C)C)cc1/C(O)=C1\C(=O)C(=O)N(c2ccccc2)C1c1cccnc1. The average molecular weight is 427 g/mol. The Kier molecular flexibility index (Phi) is 5.43. The van der Waals surface area contributed by atoms with Gasteiger partial charge in [0.1, 0.15) is 5.76 Å². The number of aromatic nitrogens is 1. The summed E-state index contributed by atoms with van der Waals surface area (Å²) in [7, 11) is 0. The number of ketones is 1. The Hall–Kier alpha value is -3.73. The molecule has 0 saturated carbocycles. The van der Waals surface area contributed by atoms with Gasteiger partial charge in [-0.2, -0.15) is 0 Å². The number of hydrogen-bond acceptors (Lipinski definition) is 4. The number of aliphatic hydroxyl groups is 1. The third-order valence-corrected chi connectivity index (χ3v) is 5.84. The molecule has 5 nitrogen and oxygen atoms in total. The molecule has 1 aromatic heterocycles. The van der Waals surface area contributed by atoms with Crippen molar-refractivity contribution in [2.45, 2.75) is 39.2 Å². The molecule has 0 spiro atoms. The van der Waals surface area contributed by atoms with Gasteiger partial charge < -0.3 is 5.11 Å². The van der Waals surface area contributed by atoms with Crippen LogP contribution in [-0.2, 0) is 15.0 Å². The van der Waals surface area contributed by atoms with Crippen molar-refractivity contribution in [2.24, 2.45) is 0 Å². The third-order valence-electron chi connectivity index (χ3n) is 5.84. The number of nitrogens with zero attached hydrogens (tertiary/aromatic N) is 2. The van der Waals surface area contributed by atoms with E-state index in [0.717, 1.165) is 11.1 Å². The Morgan fingerprint density at radius 2 is 1.72 bits per heavy atom. The zero-order valence-electron chi connectivity index (χ0n) is 18.7. The molecular weight excluding hydrogens is 400 g/mol. The fourth-order valence-electron chi connectivity index (χ4n) is 4.03. The Morgan fingerprint density at radius 3 is 2.34 bits per heavy atom. The van der Waals surface area contributed by atoms with E-state index >= 15 is 0 Å². The molecule has 32 heavy (non-hydrogen) atoms. The fraction of sp³-hybridized carbons (Fsp3) is 0.222. The lowest BCUT2D eigenvalue weighted by molar-refractivity contribution is -0.132. The summed E-state index contributed by atoms with van der Waals surface area (Å²) in [4.78, 5) is 32.0. The molecule has 1 unspecified atom stereocenters. The van der Waals surface area contributed by atoms with Gasteiger partial charge in [-0.1, -0.05) is 57.2 Å². The van der Waals surface area contributed by atoms with E-state index in [2.05, 4.69) is 25.8 Å². The number of rotatable bonds is 3. The van der Waals surface area contributed by atoms with Crippen molar-refractivity contribution >= 4 is 23.1 Å². The van der Waals surface area contributed by atoms with E-state index in [1.165, 1.54) is 4.90 Å². The highest BCUT2D eigenvalue weighted by Gasteiger charge is 2.47. The Balaban J connectivity index is 1.97. The highest BCUT2D eigenvalue weighted by Crippen LogP contribution is 2.42. The van der Waals surface area contributed by atoms with Crippen molar-refractivity contribution in [3.63, 3.8) is 0 Å². The molecule has 1 aliphatic heterocycles. The summed E-state index contributed by atoms with van der Waals surface area (Å²) in [5, 5.41) is 11.4. The molecule has 5 heteroatoms. The zero-order valence-corrected chi connectivity index (χ0v) is 18.7. The van der Waals surface area contributed by atoms with Crippen molar-refractivity contribution < 1.29 is 14.7 Å². The fourth-order valence-corrected chi connectivity index (χ4v) is 4.03. The summed E-state index contributed by atoms with van der Waals surface area (Å²) in [5.41, 5.74) is 3.58. The molecule has 0 bridgehead atoms. The summed E-state index contributed by atoms with van der Waals surface area (Å²) in [5.74, 6) is -1.55. The van der Waals surface area contributed by atoms with Crippen LogP contribution >= 0.6 is 0 Å². The summed E-state index contributed by atoms with van der Waals surface area (Å²) in [6.07, 6.45) is 3.26. The van der Waals surface area contributed by atoms with Gasteiger partial charge >= 0.3 is 0 Å². The van der Waals surface area contributed by atoms with Crippen molar-refractivity contribution in [3.05, 3.63) is 101 Å². The van der Waals surface area contributed by atoms with Crippen LogP contribution in [0, 0.1) is 6.92 Å². The lowest BCUT2D eigenvalue weighted by Crippen LogP contribution is -2.29. The molecule has 1 amide bonds. The van der Waals surface area contributed by atoms with Crippen LogP contribution in [0.2, 0.25) is 0 Å². The van der Waals surface area contributed by atoms with E-state index in [1.54, 1.807) is 30.6 Å². The number of anilines is 1. The van der Waals surface area contributed by atoms with Crippen molar-refractivity contribution in [2.75, 3.05) is 4.90 Å². The smallest absolute Gasteiger partial charge is 0.300 e. The lowest BCUT2D eigenvalue weighted by Gasteiger charge is -2.25. The summed E-state index contributed by atoms with van der Waals surface area (Å²) < 4.78 is 0. The van der Waals surface area contributed by atoms with Gasteiger partial charge in [0.2, 0.25) is 0 Å². The van der Waals surface area contributed by atoms with Crippen LogP contribution in [0.5, 0.6) is 0 Å². The molecule has 0 aliphatic carbocycles. The minimum absolute atomic E-state index is 0.0704. The van der Waals surface area contributed by atoms with Crippen LogP contribution in [0.1, 0.15) is 49.1 Å². The first-order valence-electron chi connectivity index (χ1n) is 10.6. The molecular formula is C27H26N2O3. The predicted molar refractivity (Wildman–Crippen MR) is 125 cm³/mol. The highest BCUT2D eigenvalue weighted by molar-refractivity contribution is 6.51. The summed E-state index contributed by atoms with van der Waals surface area (Å²) >= 11 is 0. The van der Waals surface area contributed by atoms with Gasteiger partial charge in [0, 0.05) is 23.6 Å². The summed E-state index contributed by atoms with van der Waals surface area (Å²) in [6, 6.07) is 17.7. The van der Waals surface area contributed by atoms with Gasteiger partial charge in [-0.05, 0) is 53.3 Å². The third kappa shape index (κ3) is 3.71. The predicted octanol–water partition coefficient (Wildman–Crippen LogP) is 5.31. The maximum absolute atomic E-state index is 13.3. The van der Waals surface area contributed by atoms with Gasteiger partial charge in [0.25, 0.3) is 11.7 Å². The number of carbonyl (C=O) groups excluding carboxylic acids is 2. The van der Waals surface area contributed by atoms with Gasteiger partial charge in [-0.15, -0.1) is 0 Å². The number of aryl methyl sites for hydroxylation is 1. The Morgan fingerprint density at radius 1 is 1.00 bits per heavy atom. The molecule has 0 radical (unpaired) electrons. The van der Waals surface area contributed by atoms with Gasteiger partial charge in [0.15, 0.2) is 0 Å². The molecule has 162 valence electrons. The molecule has 3 aromatic rings. The molecule has 2 heterocycles. The number of Topliss-reactive ketones (excluding diaryl/α,β-unsaturated/α-hetero) is 1. The van der Waals surface area contributed by atoms with E-state index in [4.69, 9.17) is 0 Å². The first kappa shape index (κ1) is 21.5. The second-order valence-corrected chi connectivity index (χ2v) is 9.07. The number of benzene rings is 2. The Labute approximate surface area is 188 Å². The van der Waals surface area contributed by atoms with E-state index in [1.807, 2.05) is 49.4 Å². The normalized spacial score (nSPS) is 18.2. The van der Waals surface area contributed by atoms with E-state index in [-0.39, 0.29) is 16.7 Å². The lowest BCUT2D eigenvalue weighted by atomic mass is 9.84. The van der Waals surface area contributed by atoms with E-state index in [0.29, 0.717) is 16.8 Å². The number of carbonyl (C=O) groups is 2. The number of para-hydroxylation sites is 1. The van der Waals surface area contributed by atoms with Gasteiger partial charge in [0.05, 0.1) is 11.6 Å². The van der Waals surface area contributed by atoms with Crippen LogP contribution in [0.15, 0.2) is 78.6 Å². The first-order valence-corrected chi connectivity index (χ1v) is 10.6. The van der Waals surface area contributed by atoms with Crippen LogP contribution < -0.4 is 4.90 Å². The molecule has 1 fully saturated rings. The number of hydrogen-bond donors (Lipinski definition) is 1. The summed E-state index contributed by atoms with van der Waals surface area (Å²) in [6.45, 7) is 8.15. The van der Waals surface area contributed by atoms with Crippen LogP contribution in [0.25, 0.3) is 5.76 Å². The number of aliphatic hydroxyl groups excluding tert-OH is 1. The average Bonchev–Trinajstić information content (AvgIpc) is 3.04. The van der Waals surface area contributed by atoms with Crippen molar-refractivity contribution in [1.82, 2.24) is 4.98 Å². The first-order chi connectivity index (χ1) is 15.2. The molecule has 1 saturated heterocycles. The highest BCUT2D eigenvalue weighted by atomic mass is 16.3. The van der Waals surface area contributed by atoms with Crippen LogP contribution in [0.4, 0.5) is 5.69 Å². The quantitative estimate of drug-likeness (QED) is 0.350. The molecule has 1 N–H and O–H groups in total. The maximum atomic E-state index is 13.3. The van der Waals surface area contributed by atoms with E-state index < -0.39 is 17.7 Å². The molecule has 2 aromatic carbocycles. The van der Waals surface area contributed by atoms with Crippen LogP contribution in [0.3, 0.4) is 0 Å². The minimum Gasteiger partial charge on any atom is -0.507 e. The maximum Gasteiger partial charge on any atom is 0.300 e. The second kappa shape index (κ2) is 8.08. The van der Waals surface area contributed by atoms with Crippen molar-refractivity contribution in [3.8, 4) is 0 Å². The molecule has 4 rings (SSSR count). The minimum atomic E-state index is -0.774. The Bertz CT molecular complexity index is 1210. The van der Waals surface area contributed by atoms with Crippen LogP contribution in [-0.4, -0.2) is 21.8 Å². The molecule has 1 atom stereocenters.